The lowest BCUT2D eigenvalue weighted by Gasteiger charge is -2.36. The summed E-state index contributed by atoms with van der Waals surface area (Å²) in [6, 6.07) is 16.7. The molecule has 2 atom stereocenters. The quantitative estimate of drug-likeness (QED) is 0.273. The molecule has 1 fully saturated rings. The van der Waals surface area contributed by atoms with Crippen LogP contribution in [0.2, 0.25) is 0 Å². The number of aliphatic hydroxyl groups excluding tert-OH is 1. The van der Waals surface area contributed by atoms with E-state index in [1.165, 1.54) is 12.1 Å². The number of ketones is 1. The number of carbonyl (C=O) groups is 1. The van der Waals surface area contributed by atoms with Crippen LogP contribution in [0.4, 0.5) is 10.1 Å². The molecule has 2 N–H and O–H groups in total. The Hall–Kier alpha value is -3.75. The maximum atomic E-state index is 15.6. The molecule has 8 heteroatoms. The molecule has 2 aliphatic rings. The van der Waals surface area contributed by atoms with Gasteiger partial charge in [-0.1, -0.05) is 6.07 Å². The maximum absolute atomic E-state index is 15.6. The van der Waals surface area contributed by atoms with Crippen LogP contribution in [0.25, 0.3) is 0 Å². The lowest BCUT2D eigenvalue weighted by molar-refractivity contribution is 0.0967. The van der Waals surface area contributed by atoms with Crippen molar-refractivity contribution in [3.63, 3.8) is 0 Å². The molecule has 0 radical (unpaired) electrons. The van der Waals surface area contributed by atoms with Crippen LogP contribution in [0, 0.1) is 17.7 Å². The van der Waals surface area contributed by atoms with Gasteiger partial charge in [-0.2, -0.15) is 0 Å². The second-order valence-corrected chi connectivity index (χ2v) is 11.5. The van der Waals surface area contributed by atoms with Crippen molar-refractivity contribution in [1.29, 1.82) is 0 Å². The van der Waals surface area contributed by atoms with Gasteiger partial charge in [0.2, 0.25) is 0 Å². The molecular weight excluding hydrogens is 535 g/mol. The second-order valence-electron chi connectivity index (χ2n) is 11.5. The number of aromatic hydroxyl groups is 1. The number of aliphatic hydroxyl groups is 1. The van der Waals surface area contributed by atoms with Gasteiger partial charge in [0.15, 0.2) is 5.78 Å². The number of piperidine rings is 1. The highest BCUT2D eigenvalue weighted by atomic mass is 19.1. The predicted molar refractivity (Wildman–Crippen MR) is 161 cm³/mol. The zero-order valence-corrected chi connectivity index (χ0v) is 24.3. The molecule has 1 saturated heterocycles. The van der Waals surface area contributed by atoms with E-state index in [4.69, 9.17) is 19.6 Å². The number of hydrogen-bond acceptors (Lipinski definition) is 7. The van der Waals surface area contributed by atoms with Crippen molar-refractivity contribution in [3.05, 3.63) is 77.6 Å². The molecule has 3 aromatic rings. The zero-order chi connectivity index (χ0) is 29.6. The fourth-order valence-corrected chi connectivity index (χ4v) is 5.95. The van der Waals surface area contributed by atoms with Gasteiger partial charge in [0.05, 0.1) is 18.0 Å². The van der Waals surface area contributed by atoms with Crippen molar-refractivity contribution in [2.45, 2.75) is 52.0 Å². The Morgan fingerprint density at radius 2 is 1.83 bits per heavy atom. The SMILES string of the molecule is CC(C)N1CCCC(CCC2CC(=O)c3cc(Oc4cccc(O)c4)ccc3N=C2c2ccc(OCCO)cc2F)C1. The van der Waals surface area contributed by atoms with Gasteiger partial charge in [0, 0.05) is 48.2 Å². The van der Waals surface area contributed by atoms with Crippen LogP contribution in [-0.2, 0) is 0 Å². The summed E-state index contributed by atoms with van der Waals surface area (Å²) in [5, 5.41) is 18.9. The number of carbonyl (C=O) groups excluding carboxylic acids is 1. The number of phenols is 1. The van der Waals surface area contributed by atoms with Crippen LogP contribution in [0.15, 0.2) is 65.7 Å². The third-order valence-electron chi connectivity index (χ3n) is 8.16. The number of benzene rings is 3. The Bertz CT molecular complexity index is 1440. The van der Waals surface area contributed by atoms with Crippen LogP contribution in [0.5, 0.6) is 23.0 Å². The summed E-state index contributed by atoms with van der Waals surface area (Å²) in [6.45, 7) is 6.51. The summed E-state index contributed by atoms with van der Waals surface area (Å²) in [4.78, 5) is 21.1. The van der Waals surface area contributed by atoms with E-state index in [-0.39, 0.29) is 37.1 Å². The van der Waals surface area contributed by atoms with Gasteiger partial charge in [-0.3, -0.25) is 9.79 Å². The van der Waals surface area contributed by atoms with Crippen LogP contribution in [-0.4, -0.2) is 59.0 Å². The van der Waals surface area contributed by atoms with E-state index in [2.05, 4.69) is 18.7 Å². The first-order chi connectivity index (χ1) is 20.3. The Labute approximate surface area is 246 Å². The third-order valence-corrected chi connectivity index (χ3v) is 8.16. The summed E-state index contributed by atoms with van der Waals surface area (Å²) in [5.41, 5.74) is 1.82. The molecule has 2 aliphatic heterocycles. The number of likely N-dealkylation sites (tertiary alicyclic amines) is 1. The van der Waals surface area contributed by atoms with Gasteiger partial charge < -0.3 is 24.6 Å². The lowest BCUT2D eigenvalue weighted by atomic mass is 9.83. The highest BCUT2D eigenvalue weighted by Crippen LogP contribution is 2.37. The molecule has 0 aliphatic carbocycles. The minimum Gasteiger partial charge on any atom is -0.508 e. The summed E-state index contributed by atoms with van der Waals surface area (Å²) in [5.74, 6) is 1.04. The van der Waals surface area contributed by atoms with E-state index in [0.29, 0.717) is 51.7 Å². The minimum absolute atomic E-state index is 0.0640. The van der Waals surface area contributed by atoms with E-state index in [1.54, 1.807) is 48.5 Å². The van der Waals surface area contributed by atoms with E-state index >= 15 is 4.39 Å². The van der Waals surface area contributed by atoms with Crippen LogP contribution >= 0.6 is 0 Å². The number of nitrogens with zero attached hydrogens (tertiary/aromatic N) is 2. The van der Waals surface area contributed by atoms with Crippen molar-refractivity contribution in [1.82, 2.24) is 4.90 Å². The van der Waals surface area contributed by atoms with E-state index in [0.717, 1.165) is 38.8 Å². The van der Waals surface area contributed by atoms with Crippen molar-refractivity contribution < 1.29 is 28.9 Å². The molecular formula is C34H39FN2O5. The molecule has 7 nitrogen and oxygen atoms in total. The lowest BCUT2D eigenvalue weighted by Crippen LogP contribution is -2.40. The van der Waals surface area contributed by atoms with Crippen LogP contribution in [0.3, 0.4) is 0 Å². The van der Waals surface area contributed by atoms with E-state index in [9.17, 15) is 9.90 Å². The number of ether oxygens (including phenoxy) is 2. The Balaban J connectivity index is 1.45. The first-order valence-corrected chi connectivity index (χ1v) is 14.8. The topological polar surface area (TPSA) is 91.6 Å². The molecule has 2 unspecified atom stereocenters. The minimum atomic E-state index is -0.474. The second kappa shape index (κ2) is 13.5. The number of halogens is 1. The molecule has 2 heterocycles. The number of Topliss-reactive ketones (excluding diaryl/α,β-unsaturated/α-hetero) is 1. The standard InChI is InChI=1S/C34H39FN2O5/c1-22(2)37-14-4-5-23(21-37)8-9-24-17-33(40)30-19-28(42-27-7-3-6-25(39)18-27)11-13-32(30)36-34(24)29-12-10-26(20-31(29)35)41-16-15-38/h3,6-7,10-13,18-20,22-24,38-39H,4-5,8-9,14-17,21H2,1-2H3. The average Bonchev–Trinajstić information content (AvgIpc) is 3.11. The van der Waals surface area contributed by atoms with Crippen molar-refractivity contribution >= 4 is 17.2 Å². The molecule has 5 rings (SSSR count). The van der Waals surface area contributed by atoms with Crippen molar-refractivity contribution in [2.24, 2.45) is 16.8 Å². The number of phenolic OH excluding ortho intramolecular Hbond substituents is 1. The first-order valence-electron chi connectivity index (χ1n) is 14.8. The molecule has 42 heavy (non-hydrogen) atoms. The number of hydrogen-bond donors (Lipinski definition) is 2. The van der Waals surface area contributed by atoms with E-state index < -0.39 is 5.82 Å². The molecule has 3 aromatic carbocycles. The average molecular weight is 575 g/mol. The summed E-state index contributed by atoms with van der Waals surface area (Å²) in [7, 11) is 0. The van der Waals surface area contributed by atoms with Crippen molar-refractivity contribution in [3.8, 4) is 23.0 Å². The molecule has 222 valence electrons. The zero-order valence-electron chi connectivity index (χ0n) is 24.3. The first kappa shape index (κ1) is 29.7. The van der Waals surface area contributed by atoms with Gasteiger partial charge >= 0.3 is 0 Å². The summed E-state index contributed by atoms with van der Waals surface area (Å²) in [6.07, 6.45) is 4.18. The largest absolute Gasteiger partial charge is 0.508 e. The highest BCUT2D eigenvalue weighted by molar-refractivity contribution is 6.12. The van der Waals surface area contributed by atoms with Gasteiger partial charge in [-0.25, -0.2) is 4.39 Å². The predicted octanol–water partition coefficient (Wildman–Crippen LogP) is 6.92. The smallest absolute Gasteiger partial charge is 0.165 e. The number of aliphatic imine (C=N–C) groups is 1. The van der Waals surface area contributed by atoms with E-state index in [1.807, 2.05) is 0 Å². The van der Waals surface area contributed by atoms with Crippen LogP contribution in [0.1, 0.15) is 61.9 Å². The summed E-state index contributed by atoms with van der Waals surface area (Å²) >= 11 is 0. The maximum Gasteiger partial charge on any atom is 0.165 e. The molecule has 0 aromatic heterocycles. The number of fused-ring (bicyclic) bond motifs is 1. The van der Waals surface area contributed by atoms with Gasteiger partial charge in [-0.15, -0.1) is 0 Å². The Kier molecular flexibility index (Phi) is 9.55. The van der Waals surface area contributed by atoms with Crippen LogP contribution < -0.4 is 9.47 Å². The van der Waals surface area contributed by atoms with Crippen molar-refractivity contribution in [2.75, 3.05) is 26.3 Å². The van der Waals surface area contributed by atoms with Gasteiger partial charge in [0.25, 0.3) is 0 Å². The highest BCUT2D eigenvalue weighted by Gasteiger charge is 2.31. The number of rotatable bonds is 10. The Morgan fingerprint density at radius 1 is 1.02 bits per heavy atom. The Morgan fingerprint density at radius 3 is 2.60 bits per heavy atom. The normalized spacial score (nSPS) is 19.3. The molecule has 0 bridgehead atoms. The fourth-order valence-electron chi connectivity index (χ4n) is 5.95. The fraction of sp³-hybridized carbons (Fsp3) is 0.412. The van der Waals surface area contributed by atoms with Gasteiger partial charge in [0.1, 0.15) is 35.4 Å². The van der Waals surface area contributed by atoms with Gasteiger partial charge in [-0.05, 0) is 94.5 Å². The third kappa shape index (κ3) is 7.17. The molecule has 0 spiro atoms. The molecule has 0 saturated carbocycles. The summed E-state index contributed by atoms with van der Waals surface area (Å²) < 4.78 is 26.9. The molecule has 0 amide bonds. The monoisotopic (exact) mass is 574 g/mol.